The highest BCUT2D eigenvalue weighted by Gasteiger charge is 2.37. The fourth-order valence-electron chi connectivity index (χ4n) is 2.96. The summed E-state index contributed by atoms with van der Waals surface area (Å²) in [4.78, 5) is 25.3. The minimum Gasteiger partial charge on any atom is -0.481 e. The van der Waals surface area contributed by atoms with E-state index in [2.05, 4.69) is 5.10 Å². The number of carboxylic acids is 1. The van der Waals surface area contributed by atoms with Crippen LogP contribution in [0.3, 0.4) is 0 Å². The molecule has 0 aromatic carbocycles. The Kier molecular flexibility index (Phi) is 4.85. The van der Waals surface area contributed by atoms with Gasteiger partial charge in [0.1, 0.15) is 0 Å². The number of aromatic nitrogens is 2. The lowest BCUT2D eigenvalue weighted by Gasteiger charge is -2.22. The molecule has 1 saturated heterocycles. The Labute approximate surface area is 129 Å². The van der Waals surface area contributed by atoms with E-state index >= 15 is 0 Å². The average Bonchev–Trinajstić information content (AvgIpc) is 3.01. The third-order valence-corrected chi connectivity index (χ3v) is 4.11. The fraction of sp³-hybridized carbons (Fsp3) is 0.667. The maximum atomic E-state index is 12.7. The molecular weight excluding hydrogens is 286 g/mol. The molecule has 1 aromatic heterocycles. The third-order valence-electron chi connectivity index (χ3n) is 4.11. The molecule has 7 heteroatoms. The second-order valence-electron chi connectivity index (χ2n) is 6.04. The lowest BCUT2D eigenvalue weighted by atomic mass is 10.1. The van der Waals surface area contributed by atoms with Gasteiger partial charge >= 0.3 is 5.97 Å². The van der Waals surface area contributed by atoms with E-state index in [-0.39, 0.29) is 30.4 Å². The summed E-state index contributed by atoms with van der Waals surface area (Å²) in [7, 11) is 3.39. The van der Waals surface area contributed by atoms with Crippen LogP contribution in [-0.2, 0) is 16.6 Å². The molecule has 2 atom stereocenters. The van der Waals surface area contributed by atoms with Crippen LogP contribution in [0.15, 0.2) is 6.07 Å². The third kappa shape index (κ3) is 3.30. The van der Waals surface area contributed by atoms with Gasteiger partial charge in [0.2, 0.25) is 0 Å². The van der Waals surface area contributed by atoms with Crippen LogP contribution >= 0.6 is 0 Å². The van der Waals surface area contributed by atoms with Crippen molar-refractivity contribution in [2.75, 3.05) is 13.7 Å². The van der Waals surface area contributed by atoms with Crippen molar-refractivity contribution >= 4 is 11.9 Å². The highest BCUT2D eigenvalue weighted by molar-refractivity contribution is 5.93. The zero-order valence-electron chi connectivity index (χ0n) is 13.4. The molecule has 0 aliphatic carbocycles. The number of aliphatic carboxylic acids is 1. The maximum Gasteiger partial charge on any atom is 0.305 e. The zero-order chi connectivity index (χ0) is 16.4. The summed E-state index contributed by atoms with van der Waals surface area (Å²) in [5.74, 6) is -0.879. The molecule has 1 aliphatic heterocycles. The van der Waals surface area contributed by atoms with Crippen molar-refractivity contribution < 1.29 is 19.4 Å². The van der Waals surface area contributed by atoms with E-state index in [1.807, 2.05) is 20.9 Å². The van der Waals surface area contributed by atoms with Gasteiger partial charge in [-0.05, 0) is 18.4 Å². The van der Waals surface area contributed by atoms with Crippen LogP contribution in [0.25, 0.3) is 0 Å². The van der Waals surface area contributed by atoms with E-state index in [0.717, 1.165) is 5.69 Å². The number of hydrogen-bond acceptors (Lipinski definition) is 4. The van der Waals surface area contributed by atoms with Crippen molar-refractivity contribution in [3.8, 4) is 0 Å². The van der Waals surface area contributed by atoms with Gasteiger partial charge in [-0.25, -0.2) is 0 Å². The normalized spacial score (nSPS) is 21.6. The summed E-state index contributed by atoms with van der Waals surface area (Å²) in [5, 5.41) is 13.3. The minimum absolute atomic E-state index is 0.0739. The Hall–Kier alpha value is -1.89. The Morgan fingerprint density at radius 2 is 2.18 bits per heavy atom. The number of amides is 1. The van der Waals surface area contributed by atoms with E-state index < -0.39 is 5.97 Å². The van der Waals surface area contributed by atoms with Crippen LogP contribution in [0, 0.1) is 0 Å². The molecule has 2 unspecified atom stereocenters. The van der Waals surface area contributed by atoms with Crippen molar-refractivity contribution in [3.63, 3.8) is 0 Å². The van der Waals surface area contributed by atoms with Crippen LogP contribution in [0.1, 0.15) is 48.8 Å². The van der Waals surface area contributed by atoms with E-state index in [0.29, 0.717) is 18.7 Å². The Morgan fingerprint density at radius 3 is 2.68 bits per heavy atom. The van der Waals surface area contributed by atoms with Crippen LogP contribution in [-0.4, -0.2) is 57.5 Å². The predicted octanol–water partition coefficient (Wildman–Crippen LogP) is 1.25. The molecule has 1 fully saturated rings. The van der Waals surface area contributed by atoms with Gasteiger partial charge in [0.15, 0.2) is 5.69 Å². The van der Waals surface area contributed by atoms with E-state index in [4.69, 9.17) is 9.84 Å². The summed E-state index contributed by atoms with van der Waals surface area (Å²) < 4.78 is 7.00. The summed E-state index contributed by atoms with van der Waals surface area (Å²) in [5.41, 5.74) is 1.33. The first-order chi connectivity index (χ1) is 10.3. The number of nitrogens with zero attached hydrogens (tertiary/aromatic N) is 3. The SMILES string of the molecule is COC1CC(CC(=O)O)N(C(=O)c2cc(C(C)C)n(C)n2)C1. The number of aryl methyl sites for hydroxylation is 1. The number of carbonyl (C=O) groups excluding carboxylic acids is 1. The van der Waals surface area contributed by atoms with E-state index in [1.165, 1.54) is 0 Å². The van der Waals surface area contributed by atoms with Gasteiger partial charge in [0.25, 0.3) is 5.91 Å². The molecule has 0 saturated carbocycles. The number of rotatable bonds is 5. The lowest BCUT2D eigenvalue weighted by Crippen LogP contribution is -2.37. The largest absolute Gasteiger partial charge is 0.481 e. The number of ether oxygens (including phenoxy) is 1. The Balaban J connectivity index is 2.22. The number of carbonyl (C=O) groups is 2. The number of methoxy groups -OCH3 is 1. The van der Waals surface area contributed by atoms with Gasteiger partial charge in [0, 0.05) is 32.4 Å². The Bertz CT molecular complexity index is 567. The van der Waals surface area contributed by atoms with Crippen LogP contribution in [0.5, 0.6) is 0 Å². The molecule has 0 spiro atoms. The molecule has 1 aromatic rings. The van der Waals surface area contributed by atoms with Crippen LogP contribution < -0.4 is 0 Å². The molecule has 2 rings (SSSR count). The number of likely N-dealkylation sites (tertiary alicyclic amines) is 1. The van der Waals surface area contributed by atoms with Crippen molar-refractivity contribution in [3.05, 3.63) is 17.5 Å². The number of hydrogen-bond donors (Lipinski definition) is 1. The minimum atomic E-state index is -0.913. The molecule has 0 radical (unpaired) electrons. The molecule has 1 N–H and O–H groups in total. The second-order valence-corrected chi connectivity index (χ2v) is 6.04. The molecule has 7 nitrogen and oxygen atoms in total. The first-order valence-electron chi connectivity index (χ1n) is 7.43. The zero-order valence-corrected chi connectivity index (χ0v) is 13.4. The molecular formula is C15H23N3O4. The van der Waals surface area contributed by atoms with Crippen molar-refractivity contribution in [2.45, 2.75) is 44.8 Å². The van der Waals surface area contributed by atoms with Crippen molar-refractivity contribution in [1.82, 2.24) is 14.7 Å². The van der Waals surface area contributed by atoms with Gasteiger partial charge in [-0.2, -0.15) is 5.10 Å². The van der Waals surface area contributed by atoms with Gasteiger partial charge in [-0.3, -0.25) is 14.3 Å². The first kappa shape index (κ1) is 16.5. The molecule has 22 heavy (non-hydrogen) atoms. The first-order valence-corrected chi connectivity index (χ1v) is 7.43. The summed E-state index contributed by atoms with van der Waals surface area (Å²) in [6.45, 7) is 4.48. The highest BCUT2D eigenvalue weighted by Crippen LogP contribution is 2.25. The lowest BCUT2D eigenvalue weighted by molar-refractivity contribution is -0.138. The van der Waals surface area contributed by atoms with Crippen LogP contribution in [0.2, 0.25) is 0 Å². The monoisotopic (exact) mass is 309 g/mol. The smallest absolute Gasteiger partial charge is 0.305 e. The number of carboxylic acid groups (broad SMARTS) is 1. The summed E-state index contributed by atoms with van der Waals surface area (Å²) in [6.07, 6.45) is 0.343. The predicted molar refractivity (Wildman–Crippen MR) is 79.8 cm³/mol. The van der Waals surface area contributed by atoms with Crippen molar-refractivity contribution in [2.24, 2.45) is 7.05 Å². The summed E-state index contributed by atoms with van der Waals surface area (Å²) >= 11 is 0. The Morgan fingerprint density at radius 1 is 1.50 bits per heavy atom. The fourth-order valence-corrected chi connectivity index (χ4v) is 2.96. The van der Waals surface area contributed by atoms with Gasteiger partial charge in [0.05, 0.1) is 12.5 Å². The maximum absolute atomic E-state index is 12.7. The quantitative estimate of drug-likeness (QED) is 0.885. The van der Waals surface area contributed by atoms with E-state index in [1.54, 1.807) is 22.8 Å². The van der Waals surface area contributed by atoms with Gasteiger partial charge in [-0.1, -0.05) is 13.8 Å². The van der Waals surface area contributed by atoms with E-state index in [9.17, 15) is 9.59 Å². The highest BCUT2D eigenvalue weighted by atomic mass is 16.5. The average molecular weight is 309 g/mol. The molecule has 1 aliphatic rings. The molecule has 0 bridgehead atoms. The van der Waals surface area contributed by atoms with Gasteiger partial charge < -0.3 is 14.7 Å². The molecule has 122 valence electrons. The van der Waals surface area contributed by atoms with Crippen LogP contribution in [0.4, 0.5) is 0 Å². The molecule has 1 amide bonds. The standard InChI is InChI=1S/C15H23N3O4/c1-9(2)13-7-12(16-17(13)3)15(21)18-8-11(22-4)5-10(18)6-14(19)20/h7,9-11H,5-6,8H2,1-4H3,(H,19,20). The van der Waals surface area contributed by atoms with Gasteiger partial charge in [-0.15, -0.1) is 0 Å². The van der Waals surface area contributed by atoms with Crippen molar-refractivity contribution in [1.29, 1.82) is 0 Å². The summed E-state index contributed by atoms with van der Waals surface area (Å²) in [6, 6.07) is 1.43. The topological polar surface area (TPSA) is 84.7 Å². The second kappa shape index (κ2) is 6.48. The molecule has 2 heterocycles.